The Balaban J connectivity index is 2.31. The molecule has 0 spiro atoms. The predicted octanol–water partition coefficient (Wildman–Crippen LogP) is 2.77. The van der Waals surface area contributed by atoms with Crippen molar-refractivity contribution in [3.63, 3.8) is 0 Å². The van der Waals surface area contributed by atoms with Gasteiger partial charge in [-0.15, -0.1) is 0 Å². The largest absolute Gasteiger partial charge is 0.453 e. The van der Waals surface area contributed by atoms with Crippen LogP contribution in [-0.2, 0) is 15.1 Å². The van der Waals surface area contributed by atoms with Crippen molar-refractivity contribution in [1.29, 1.82) is 0 Å². The van der Waals surface area contributed by atoms with E-state index in [-0.39, 0.29) is 15.7 Å². The van der Waals surface area contributed by atoms with Crippen molar-refractivity contribution in [2.45, 2.75) is 29.3 Å². The summed E-state index contributed by atoms with van der Waals surface area (Å²) in [5, 5.41) is 3.24. The first-order chi connectivity index (χ1) is 9.03. The zero-order chi connectivity index (χ0) is 13.9. The van der Waals surface area contributed by atoms with Gasteiger partial charge in [0.25, 0.3) is 0 Å². The molecule has 1 heterocycles. The van der Waals surface area contributed by atoms with Crippen molar-refractivity contribution in [3.8, 4) is 0 Å². The van der Waals surface area contributed by atoms with E-state index in [4.69, 9.17) is 4.74 Å². The lowest BCUT2D eigenvalue weighted by Gasteiger charge is -2.38. The molecule has 5 heteroatoms. The summed E-state index contributed by atoms with van der Waals surface area (Å²) < 4.78 is 18.9. The van der Waals surface area contributed by atoms with Crippen LogP contribution in [0.1, 0.15) is 25.3 Å². The fraction of sp³-hybridized carbons (Fsp3) is 0.500. The molecule has 3 nitrogen and oxygen atoms in total. The molecule has 1 aromatic rings. The van der Waals surface area contributed by atoms with Crippen molar-refractivity contribution in [2.75, 3.05) is 13.1 Å². The Morgan fingerprint density at radius 1 is 1.47 bits per heavy atom. The van der Waals surface area contributed by atoms with Gasteiger partial charge in [0.2, 0.25) is 0 Å². The zero-order valence-electron chi connectivity index (χ0n) is 10.8. The molecule has 0 amide bonds. The average molecular weight is 377 g/mol. The number of hydrogen-bond acceptors (Lipinski definition) is 3. The monoisotopic (exact) mass is 377 g/mol. The predicted molar refractivity (Wildman–Crippen MR) is 79.8 cm³/mol. The standard InChI is InChI=1S/C14H17FINO2/c1-10(16)13(18)19-14(5-7-17-8-6-14)11-3-2-4-12(15)9-11/h2-4,9-10,17H,5-8H2,1H3. The van der Waals surface area contributed by atoms with Crippen molar-refractivity contribution in [1.82, 2.24) is 5.32 Å². The topological polar surface area (TPSA) is 38.3 Å². The van der Waals surface area contributed by atoms with Gasteiger partial charge in [-0.3, -0.25) is 4.79 Å². The molecule has 0 aromatic heterocycles. The first kappa shape index (κ1) is 14.7. The summed E-state index contributed by atoms with van der Waals surface area (Å²) >= 11 is 2.03. The van der Waals surface area contributed by atoms with Crippen LogP contribution in [0.5, 0.6) is 0 Å². The molecule has 2 rings (SSSR count). The van der Waals surface area contributed by atoms with Crippen LogP contribution in [-0.4, -0.2) is 23.0 Å². The second-order valence-electron chi connectivity index (χ2n) is 4.79. The molecule has 0 aliphatic carbocycles. The van der Waals surface area contributed by atoms with Gasteiger partial charge >= 0.3 is 5.97 Å². The minimum Gasteiger partial charge on any atom is -0.453 e. The van der Waals surface area contributed by atoms with Crippen LogP contribution in [0.4, 0.5) is 4.39 Å². The van der Waals surface area contributed by atoms with Gasteiger partial charge in [0, 0.05) is 12.8 Å². The van der Waals surface area contributed by atoms with Gasteiger partial charge in [-0.2, -0.15) is 0 Å². The van der Waals surface area contributed by atoms with Gasteiger partial charge in [-0.05, 0) is 37.7 Å². The molecule has 0 bridgehead atoms. The highest BCUT2D eigenvalue weighted by atomic mass is 127. The third kappa shape index (κ3) is 3.45. The number of rotatable bonds is 3. The third-order valence-corrected chi connectivity index (χ3v) is 3.89. The van der Waals surface area contributed by atoms with Gasteiger partial charge in [0.1, 0.15) is 15.3 Å². The molecule has 1 fully saturated rings. The van der Waals surface area contributed by atoms with Gasteiger partial charge in [0.05, 0.1) is 0 Å². The molecule has 1 unspecified atom stereocenters. The molecule has 1 saturated heterocycles. The van der Waals surface area contributed by atoms with Gasteiger partial charge < -0.3 is 10.1 Å². The van der Waals surface area contributed by atoms with Crippen LogP contribution >= 0.6 is 22.6 Å². The van der Waals surface area contributed by atoms with E-state index < -0.39 is 5.60 Å². The highest BCUT2D eigenvalue weighted by Gasteiger charge is 2.38. The van der Waals surface area contributed by atoms with E-state index in [9.17, 15) is 9.18 Å². The number of carbonyl (C=O) groups excluding carboxylic acids is 1. The van der Waals surface area contributed by atoms with Crippen molar-refractivity contribution < 1.29 is 13.9 Å². The maximum atomic E-state index is 13.4. The quantitative estimate of drug-likeness (QED) is 0.500. The fourth-order valence-electron chi connectivity index (χ4n) is 2.33. The van der Waals surface area contributed by atoms with Crippen LogP contribution in [0.2, 0.25) is 0 Å². The maximum Gasteiger partial charge on any atom is 0.319 e. The van der Waals surface area contributed by atoms with Crippen LogP contribution in [0.25, 0.3) is 0 Å². The summed E-state index contributed by atoms with van der Waals surface area (Å²) in [5.74, 6) is -0.541. The molecular formula is C14H17FINO2. The van der Waals surface area contributed by atoms with E-state index in [0.29, 0.717) is 12.8 Å². The minimum absolute atomic E-state index is 0.210. The van der Waals surface area contributed by atoms with E-state index in [1.165, 1.54) is 12.1 Å². The van der Waals surface area contributed by atoms with Crippen LogP contribution in [0.3, 0.4) is 0 Å². The lowest BCUT2D eigenvalue weighted by molar-refractivity contribution is -0.162. The molecular weight excluding hydrogens is 360 g/mol. The number of benzene rings is 1. The van der Waals surface area contributed by atoms with Gasteiger partial charge in [-0.25, -0.2) is 4.39 Å². The van der Waals surface area contributed by atoms with Crippen molar-refractivity contribution >= 4 is 28.6 Å². The minimum atomic E-state index is -0.691. The number of carbonyl (C=O) groups is 1. The molecule has 1 aliphatic heterocycles. The number of piperidine rings is 1. The molecule has 1 aromatic carbocycles. The summed E-state index contributed by atoms with van der Waals surface area (Å²) in [4.78, 5) is 11.9. The number of ether oxygens (including phenoxy) is 1. The van der Waals surface area contributed by atoms with Crippen LogP contribution in [0.15, 0.2) is 24.3 Å². The Labute approximate surface area is 126 Å². The average Bonchev–Trinajstić information content (AvgIpc) is 2.39. The van der Waals surface area contributed by atoms with Crippen LogP contribution in [0, 0.1) is 5.82 Å². The lowest BCUT2D eigenvalue weighted by Crippen LogP contribution is -2.44. The number of esters is 1. The second kappa shape index (κ2) is 6.17. The molecule has 1 N–H and O–H groups in total. The summed E-state index contributed by atoms with van der Waals surface area (Å²) in [6.07, 6.45) is 1.34. The Bertz CT molecular complexity index is 459. The number of halogens is 2. The SMILES string of the molecule is CC(I)C(=O)OC1(c2cccc(F)c2)CCNCC1. The van der Waals surface area contributed by atoms with Crippen molar-refractivity contribution in [3.05, 3.63) is 35.6 Å². The molecule has 1 atom stereocenters. The fourth-order valence-corrected chi connectivity index (χ4v) is 2.45. The van der Waals surface area contributed by atoms with Crippen molar-refractivity contribution in [2.24, 2.45) is 0 Å². The normalized spacial score (nSPS) is 19.7. The molecule has 104 valence electrons. The first-order valence-electron chi connectivity index (χ1n) is 6.37. The maximum absolute atomic E-state index is 13.4. The number of nitrogens with one attached hydrogen (secondary N) is 1. The Kier molecular flexibility index (Phi) is 4.78. The van der Waals surface area contributed by atoms with E-state index in [1.807, 2.05) is 28.7 Å². The molecule has 19 heavy (non-hydrogen) atoms. The van der Waals surface area contributed by atoms with E-state index >= 15 is 0 Å². The third-order valence-electron chi connectivity index (χ3n) is 3.38. The smallest absolute Gasteiger partial charge is 0.319 e. The number of hydrogen-bond donors (Lipinski definition) is 1. The Morgan fingerprint density at radius 2 is 2.16 bits per heavy atom. The van der Waals surface area contributed by atoms with E-state index in [1.54, 1.807) is 13.0 Å². The first-order valence-corrected chi connectivity index (χ1v) is 7.62. The van der Waals surface area contributed by atoms with Gasteiger partial charge in [-0.1, -0.05) is 34.7 Å². The Hall–Kier alpha value is -0.690. The summed E-state index contributed by atoms with van der Waals surface area (Å²) in [5.41, 5.74) is 0.0588. The highest BCUT2D eigenvalue weighted by Crippen LogP contribution is 2.36. The van der Waals surface area contributed by atoms with Crippen LogP contribution < -0.4 is 5.32 Å². The second-order valence-corrected chi connectivity index (χ2v) is 6.66. The van der Waals surface area contributed by atoms with E-state index in [2.05, 4.69) is 5.32 Å². The highest BCUT2D eigenvalue weighted by molar-refractivity contribution is 14.1. The molecule has 0 saturated carbocycles. The molecule has 1 aliphatic rings. The molecule has 0 radical (unpaired) electrons. The van der Waals surface area contributed by atoms with Gasteiger partial charge in [0.15, 0.2) is 0 Å². The summed E-state index contributed by atoms with van der Waals surface area (Å²) in [7, 11) is 0. The summed E-state index contributed by atoms with van der Waals surface area (Å²) in [6, 6.07) is 6.37. The number of alkyl halides is 1. The lowest BCUT2D eigenvalue weighted by atomic mass is 9.84. The summed E-state index contributed by atoms with van der Waals surface area (Å²) in [6.45, 7) is 3.32. The Morgan fingerprint density at radius 3 is 2.74 bits per heavy atom. The zero-order valence-corrected chi connectivity index (χ0v) is 12.9. The van der Waals surface area contributed by atoms with E-state index in [0.717, 1.165) is 18.7 Å².